The monoisotopic (exact) mass is 239 g/mol. The summed E-state index contributed by atoms with van der Waals surface area (Å²) in [5, 5.41) is 8.67. The predicted octanol–water partition coefficient (Wildman–Crippen LogP) is 3.98. The van der Waals surface area contributed by atoms with E-state index in [0.29, 0.717) is 6.04 Å². The van der Waals surface area contributed by atoms with Crippen molar-refractivity contribution in [1.29, 1.82) is 0 Å². The van der Waals surface area contributed by atoms with Gasteiger partial charge in [-0.1, -0.05) is 18.2 Å². The third-order valence-electron chi connectivity index (χ3n) is 3.99. The van der Waals surface area contributed by atoms with Crippen LogP contribution in [0.1, 0.15) is 44.2 Å². The Labute approximate surface area is 106 Å². The Bertz CT molecular complexity index is 729. The van der Waals surface area contributed by atoms with Crippen LogP contribution in [0.25, 0.3) is 21.9 Å². The zero-order valence-electron chi connectivity index (χ0n) is 10.8. The van der Waals surface area contributed by atoms with E-state index in [2.05, 4.69) is 46.8 Å². The molecule has 0 atom stereocenters. The molecule has 3 aromatic rings. The first-order valence-electron chi connectivity index (χ1n) is 6.73. The Morgan fingerprint density at radius 2 is 2.17 bits per heavy atom. The van der Waals surface area contributed by atoms with Gasteiger partial charge in [-0.2, -0.15) is 5.10 Å². The third kappa shape index (κ3) is 1.22. The molecule has 0 unspecified atom stereocenters. The summed E-state index contributed by atoms with van der Waals surface area (Å²) in [5.41, 5.74) is 5.35. The number of benzene rings is 1. The quantitative estimate of drug-likeness (QED) is 0.721. The largest absolute Gasteiger partial charge is 0.335 e. The molecule has 1 saturated carbocycles. The molecule has 0 spiro atoms. The lowest BCUT2D eigenvalue weighted by Gasteiger charge is -2.13. The molecule has 3 heteroatoms. The van der Waals surface area contributed by atoms with E-state index in [0.717, 1.165) is 5.92 Å². The number of hydrogen-bond donors (Lipinski definition) is 1. The number of aromatic nitrogens is 3. The fourth-order valence-corrected chi connectivity index (χ4v) is 3.07. The third-order valence-corrected chi connectivity index (χ3v) is 3.99. The number of para-hydroxylation sites is 1. The van der Waals surface area contributed by atoms with E-state index in [-0.39, 0.29) is 0 Å². The van der Waals surface area contributed by atoms with Crippen molar-refractivity contribution in [2.45, 2.75) is 38.6 Å². The van der Waals surface area contributed by atoms with Crippen LogP contribution in [0.2, 0.25) is 0 Å². The van der Waals surface area contributed by atoms with Gasteiger partial charge in [-0.15, -0.1) is 0 Å². The minimum absolute atomic E-state index is 0.461. The topological polar surface area (TPSA) is 33.6 Å². The summed E-state index contributed by atoms with van der Waals surface area (Å²) in [6.07, 6.45) is 4.63. The highest BCUT2D eigenvalue weighted by Crippen LogP contribution is 2.45. The molecule has 0 saturated heterocycles. The van der Waals surface area contributed by atoms with Crippen molar-refractivity contribution in [3.05, 3.63) is 30.0 Å². The lowest BCUT2D eigenvalue weighted by Crippen LogP contribution is -2.01. The van der Waals surface area contributed by atoms with E-state index >= 15 is 0 Å². The average molecular weight is 239 g/mol. The van der Waals surface area contributed by atoms with Gasteiger partial charge in [-0.05, 0) is 38.2 Å². The maximum Gasteiger partial charge on any atom is 0.0908 e. The smallest absolute Gasteiger partial charge is 0.0908 e. The molecule has 1 aliphatic carbocycles. The number of nitrogens with one attached hydrogen (secondary N) is 1. The molecule has 2 aromatic heterocycles. The van der Waals surface area contributed by atoms with E-state index in [4.69, 9.17) is 0 Å². The molecule has 2 heterocycles. The van der Waals surface area contributed by atoms with Gasteiger partial charge in [0.1, 0.15) is 0 Å². The molecule has 0 aliphatic heterocycles. The summed E-state index contributed by atoms with van der Waals surface area (Å²) in [5.74, 6) is 0.776. The number of aromatic amines is 1. The first-order valence-corrected chi connectivity index (χ1v) is 6.73. The van der Waals surface area contributed by atoms with Crippen LogP contribution in [-0.2, 0) is 0 Å². The summed E-state index contributed by atoms with van der Waals surface area (Å²) < 4.78 is 2.43. The minimum Gasteiger partial charge on any atom is -0.335 e. The van der Waals surface area contributed by atoms with E-state index in [1.54, 1.807) is 0 Å². The summed E-state index contributed by atoms with van der Waals surface area (Å²) in [6.45, 7) is 4.49. The van der Waals surface area contributed by atoms with Gasteiger partial charge in [0.05, 0.1) is 22.7 Å². The number of hydrogen-bond acceptors (Lipinski definition) is 1. The first kappa shape index (κ1) is 10.2. The van der Waals surface area contributed by atoms with Crippen LogP contribution in [0.3, 0.4) is 0 Å². The maximum absolute atomic E-state index is 4.20. The molecule has 3 nitrogen and oxygen atoms in total. The predicted molar refractivity (Wildman–Crippen MR) is 73.9 cm³/mol. The van der Waals surface area contributed by atoms with Crippen LogP contribution in [-0.4, -0.2) is 14.8 Å². The maximum atomic E-state index is 4.20. The molecule has 0 bridgehead atoms. The second-order valence-electron chi connectivity index (χ2n) is 5.61. The van der Waals surface area contributed by atoms with Gasteiger partial charge < -0.3 is 4.57 Å². The summed E-state index contributed by atoms with van der Waals surface area (Å²) in [7, 11) is 0. The van der Waals surface area contributed by atoms with Crippen LogP contribution in [0.4, 0.5) is 0 Å². The number of H-pyrrole nitrogens is 1. The highest BCUT2D eigenvalue weighted by molar-refractivity contribution is 6.07. The lowest BCUT2D eigenvalue weighted by molar-refractivity contribution is 0.640. The number of fused-ring (bicyclic) bond motifs is 3. The van der Waals surface area contributed by atoms with Gasteiger partial charge in [-0.25, -0.2) is 0 Å². The number of rotatable bonds is 2. The van der Waals surface area contributed by atoms with E-state index in [1.807, 2.05) is 6.20 Å². The normalized spacial score (nSPS) is 16.2. The van der Waals surface area contributed by atoms with Crippen molar-refractivity contribution in [3.8, 4) is 0 Å². The Morgan fingerprint density at radius 3 is 2.89 bits per heavy atom. The average Bonchev–Trinajstić information content (AvgIpc) is 2.98. The summed E-state index contributed by atoms with van der Waals surface area (Å²) in [4.78, 5) is 0. The van der Waals surface area contributed by atoms with Gasteiger partial charge in [0.2, 0.25) is 0 Å². The van der Waals surface area contributed by atoms with Crippen LogP contribution in [0.15, 0.2) is 24.4 Å². The molecular formula is C15H17N3. The van der Waals surface area contributed by atoms with Crippen molar-refractivity contribution >= 4 is 21.9 Å². The summed E-state index contributed by atoms with van der Waals surface area (Å²) in [6, 6.07) is 7.15. The van der Waals surface area contributed by atoms with Crippen LogP contribution in [0.5, 0.6) is 0 Å². The molecule has 92 valence electrons. The molecule has 0 radical (unpaired) electrons. The molecule has 1 aliphatic rings. The fourth-order valence-electron chi connectivity index (χ4n) is 3.07. The highest BCUT2D eigenvalue weighted by atomic mass is 15.1. The second kappa shape index (κ2) is 3.37. The Morgan fingerprint density at radius 1 is 1.33 bits per heavy atom. The fraction of sp³-hybridized carbons (Fsp3) is 0.400. The van der Waals surface area contributed by atoms with Gasteiger partial charge in [0, 0.05) is 11.4 Å². The van der Waals surface area contributed by atoms with Crippen LogP contribution < -0.4 is 0 Å². The van der Waals surface area contributed by atoms with Gasteiger partial charge in [0.15, 0.2) is 0 Å². The lowest BCUT2D eigenvalue weighted by atomic mass is 10.1. The zero-order chi connectivity index (χ0) is 12.3. The number of nitrogens with zero attached hydrogens (tertiary/aromatic N) is 2. The zero-order valence-corrected chi connectivity index (χ0v) is 10.8. The molecule has 4 rings (SSSR count). The van der Waals surface area contributed by atoms with Crippen LogP contribution >= 0.6 is 0 Å². The SMILES string of the molecule is CC(C)n1c2cn[nH]c2c2cccc(C3CC3)c21. The Kier molecular flexibility index (Phi) is 1.91. The molecule has 1 fully saturated rings. The van der Waals surface area contributed by atoms with E-state index < -0.39 is 0 Å². The standard InChI is InChI=1S/C15H17N3/c1-9(2)18-13-8-16-17-14(13)12-5-3-4-11(15(12)18)10-6-7-10/h3-5,8-10H,6-7H2,1-2H3,(H,16,17). The Hall–Kier alpha value is -1.77. The van der Waals surface area contributed by atoms with Crippen molar-refractivity contribution < 1.29 is 0 Å². The molecule has 18 heavy (non-hydrogen) atoms. The van der Waals surface area contributed by atoms with Crippen molar-refractivity contribution in [3.63, 3.8) is 0 Å². The van der Waals surface area contributed by atoms with Crippen molar-refractivity contribution in [1.82, 2.24) is 14.8 Å². The van der Waals surface area contributed by atoms with Crippen LogP contribution in [0, 0.1) is 0 Å². The summed E-state index contributed by atoms with van der Waals surface area (Å²) >= 11 is 0. The highest BCUT2D eigenvalue weighted by Gasteiger charge is 2.28. The van der Waals surface area contributed by atoms with Crippen molar-refractivity contribution in [2.75, 3.05) is 0 Å². The molecular weight excluding hydrogens is 222 g/mol. The molecule has 1 aromatic carbocycles. The van der Waals surface area contributed by atoms with E-state index in [1.165, 1.54) is 40.3 Å². The van der Waals surface area contributed by atoms with Gasteiger partial charge in [0.25, 0.3) is 0 Å². The van der Waals surface area contributed by atoms with Gasteiger partial charge in [-0.3, -0.25) is 5.10 Å². The van der Waals surface area contributed by atoms with Crippen molar-refractivity contribution in [2.24, 2.45) is 0 Å². The van der Waals surface area contributed by atoms with Gasteiger partial charge >= 0.3 is 0 Å². The Balaban J connectivity index is 2.20. The molecule has 1 N–H and O–H groups in total. The minimum atomic E-state index is 0.461. The molecule has 0 amide bonds. The van der Waals surface area contributed by atoms with E-state index in [9.17, 15) is 0 Å². The first-order chi connectivity index (χ1) is 8.77. The second-order valence-corrected chi connectivity index (χ2v) is 5.61.